The van der Waals surface area contributed by atoms with Crippen LogP contribution in [-0.2, 0) is 10.0 Å². The molecule has 8 heteroatoms. The molecule has 138 valence electrons. The predicted molar refractivity (Wildman–Crippen MR) is 97.0 cm³/mol. The van der Waals surface area contributed by atoms with Crippen molar-refractivity contribution in [3.8, 4) is 0 Å². The van der Waals surface area contributed by atoms with Gasteiger partial charge in [-0.25, -0.2) is 13.2 Å². The second kappa shape index (κ2) is 6.89. The summed E-state index contributed by atoms with van der Waals surface area (Å²) in [7, 11) is -3.36. The van der Waals surface area contributed by atoms with E-state index in [2.05, 4.69) is 5.32 Å². The predicted octanol–water partition coefficient (Wildman–Crippen LogP) is 2.20. The minimum atomic E-state index is -3.36. The van der Waals surface area contributed by atoms with Crippen LogP contribution in [0.1, 0.15) is 25.7 Å². The molecule has 3 fully saturated rings. The lowest BCUT2D eigenvalue weighted by molar-refractivity contribution is 0.111. The number of carbonyl (C=O) groups excluding carboxylic acids is 1. The molecule has 1 N–H and O–H groups in total. The normalized spacial score (nSPS) is 25.1. The molecule has 0 radical (unpaired) electrons. The maximum Gasteiger partial charge on any atom is 0.317 e. The van der Waals surface area contributed by atoms with E-state index < -0.39 is 10.0 Å². The highest BCUT2D eigenvalue weighted by molar-refractivity contribution is 7.91. The van der Waals surface area contributed by atoms with E-state index in [9.17, 15) is 13.2 Å². The Morgan fingerprint density at radius 2 is 1.96 bits per heavy atom. The van der Waals surface area contributed by atoms with E-state index in [1.807, 2.05) is 4.90 Å². The standard InChI is InChI=1S/C17H25N3O3S2/c21-17(19-10-15(11-19)8-13-3-4-13)18-9-14-5-6-20(12-14)25(22,23)16-2-1-7-24-16/h1-2,7,13-15H,3-6,8-12H2,(H,18,21)/t14-/m1/s1. The summed E-state index contributed by atoms with van der Waals surface area (Å²) in [5, 5.41) is 4.77. The number of hydrogen-bond acceptors (Lipinski definition) is 4. The van der Waals surface area contributed by atoms with Crippen molar-refractivity contribution in [1.82, 2.24) is 14.5 Å². The number of nitrogens with one attached hydrogen (secondary N) is 1. The fourth-order valence-electron chi connectivity index (χ4n) is 3.77. The summed E-state index contributed by atoms with van der Waals surface area (Å²) >= 11 is 1.25. The molecule has 3 heterocycles. The lowest BCUT2D eigenvalue weighted by Gasteiger charge is -2.39. The van der Waals surface area contributed by atoms with Gasteiger partial charge in [0.2, 0.25) is 0 Å². The summed E-state index contributed by atoms with van der Waals surface area (Å²) in [5.74, 6) is 1.81. The van der Waals surface area contributed by atoms with Crippen LogP contribution in [0.4, 0.5) is 4.79 Å². The quantitative estimate of drug-likeness (QED) is 0.819. The summed E-state index contributed by atoms with van der Waals surface area (Å²) in [6.07, 6.45) is 4.82. The second-order valence-corrected chi connectivity index (χ2v) is 10.7. The van der Waals surface area contributed by atoms with E-state index in [1.165, 1.54) is 30.6 Å². The van der Waals surface area contributed by atoms with Gasteiger partial charge in [-0.2, -0.15) is 4.31 Å². The molecule has 1 aromatic heterocycles. The van der Waals surface area contributed by atoms with Crippen LogP contribution >= 0.6 is 11.3 Å². The van der Waals surface area contributed by atoms with E-state index >= 15 is 0 Å². The average molecular weight is 384 g/mol. The van der Waals surface area contributed by atoms with Crippen LogP contribution in [0.2, 0.25) is 0 Å². The van der Waals surface area contributed by atoms with E-state index in [0.717, 1.165) is 25.4 Å². The van der Waals surface area contributed by atoms with Crippen LogP contribution in [0.25, 0.3) is 0 Å². The molecule has 2 aliphatic heterocycles. The maximum atomic E-state index is 12.5. The summed E-state index contributed by atoms with van der Waals surface area (Å²) in [6, 6.07) is 3.41. The topological polar surface area (TPSA) is 69.7 Å². The summed E-state index contributed by atoms with van der Waals surface area (Å²) < 4.78 is 27.0. The fourth-order valence-corrected chi connectivity index (χ4v) is 6.45. The zero-order valence-corrected chi connectivity index (χ0v) is 15.9. The van der Waals surface area contributed by atoms with E-state index in [1.54, 1.807) is 21.8 Å². The first-order chi connectivity index (χ1) is 12.0. The molecule has 0 aromatic carbocycles. The van der Waals surface area contributed by atoms with Crippen LogP contribution in [0.3, 0.4) is 0 Å². The average Bonchev–Trinajstić information content (AvgIpc) is 3.04. The number of rotatable bonds is 6. The molecule has 1 saturated carbocycles. The minimum absolute atomic E-state index is 0.00612. The molecule has 0 spiro atoms. The molecule has 1 aliphatic carbocycles. The van der Waals surface area contributed by atoms with E-state index in [4.69, 9.17) is 0 Å². The largest absolute Gasteiger partial charge is 0.338 e. The first-order valence-corrected chi connectivity index (χ1v) is 11.4. The Morgan fingerprint density at radius 1 is 1.16 bits per heavy atom. The molecule has 2 saturated heterocycles. The van der Waals surface area contributed by atoms with Gasteiger partial charge in [-0.15, -0.1) is 11.3 Å². The van der Waals surface area contributed by atoms with Crippen molar-refractivity contribution in [1.29, 1.82) is 0 Å². The zero-order valence-electron chi connectivity index (χ0n) is 14.3. The van der Waals surface area contributed by atoms with Gasteiger partial charge in [0.15, 0.2) is 0 Å². The number of carbonyl (C=O) groups is 1. The van der Waals surface area contributed by atoms with Crippen LogP contribution in [0.15, 0.2) is 21.7 Å². The van der Waals surface area contributed by atoms with Gasteiger partial charge in [-0.1, -0.05) is 18.9 Å². The van der Waals surface area contributed by atoms with E-state index in [0.29, 0.717) is 29.8 Å². The van der Waals surface area contributed by atoms with Crippen LogP contribution in [0.5, 0.6) is 0 Å². The van der Waals surface area contributed by atoms with Gasteiger partial charge in [0.1, 0.15) is 4.21 Å². The highest BCUT2D eigenvalue weighted by Crippen LogP contribution is 2.37. The molecule has 1 atom stereocenters. The van der Waals surface area contributed by atoms with Crippen molar-refractivity contribution >= 4 is 27.4 Å². The molecule has 0 unspecified atom stereocenters. The highest BCUT2D eigenvalue weighted by atomic mass is 32.2. The van der Waals surface area contributed by atoms with Gasteiger partial charge in [0.05, 0.1) is 0 Å². The van der Waals surface area contributed by atoms with Crippen molar-refractivity contribution < 1.29 is 13.2 Å². The second-order valence-electron chi connectivity index (χ2n) is 7.59. The molecule has 3 aliphatic rings. The van der Waals surface area contributed by atoms with E-state index in [-0.39, 0.29) is 11.9 Å². The molecule has 4 rings (SSSR count). The molecule has 0 bridgehead atoms. The van der Waals surface area contributed by atoms with Gasteiger partial charge in [0.25, 0.3) is 10.0 Å². The van der Waals surface area contributed by atoms with Crippen molar-refractivity contribution in [3.05, 3.63) is 17.5 Å². The third kappa shape index (κ3) is 3.85. The molecule has 2 amide bonds. The van der Waals surface area contributed by atoms with Gasteiger partial charge in [-0.05, 0) is 42.0 Å². The number of likely N-dealkylation sites (tertiary alicyclic amines) is 1. The molecule has 25 heavy (non-hydrogen) atoms. The SMILES string of the molecule is O=C(NC[C@H]1CCN(S(=O)(=O)c2cccs2)C1)N1CC(CC2CC2)C1. The monoisotopic (exact) mass is 383 g/mol. The number of sulfonamides is 1. The Morgan fingerprint density at radius 3 is 2.64 bits per heavy atom. The summed E-state index contributed by atoms with van der Waals surface area (Å²) in [4.78, 5) is 14.1. The first-order valence-electron chi connectivity index (χ1n) is 9.09. The number of urea groups is 1. The summed E-state index contributed by atoms with van der Waals surface area (Å²) in [5.41, 5.74) is 0. The van der Waals surface area contributed by atoms with Crippen LogP contribution in [-0.4, -0.2) is 56.4 Å². The van der Waals surface area contributed by atoms with Crippen molar-refractivity contribution in [2.45, 2.75) is 29.9 Å². The maximum absolute atomic E-state index is 12.5. The number of nitrogens with zero attached hydrogens (tertiary/aromatic N) is 2. The van der Waals surface area contributed by atoms with Gasteiger partial charge in [-0.3, -0.25) is 0 Å². The van der Waals surface area contributed by atoms with Crippen molar-refractivity contribution in [2.24, 2.45) is 17.8 Å². The molecular weight excluding hydrogens is 358 g/mol. The number of amides is 2. The van der Waals surface area contributed by atoms with Crippen molar-refractivity contribution in [2.75, 3.05) is 32.7 Å². The fraction of sp³-hybridized carbons (Fsp3) is 0.706. The Labute approximate surface area is 153 Å². The van der Waals surface area contributed by atoms with Crippen molar-refractivity contribution in [3.63, 3.8) is 0 Å². The summed E-state index contributed by atoms with van der Waals surface area (Å²) in [6.45, 7) is 3.34. The highest BCUT2D eigenvalue weighted by Gasteiger charge is 2.36. The van der Waals surface area contributed by atoms with Crippen LogP contribution < -0.4 is 5.32 Å². The lowest BCUT2D eigenvalue weighted by Crippen LogP contribution is -2.54. The Bertz CT molecular complexity index is 710. The Kier molecular flexibility index (Phi) is 4.77. The Hall–Kier alpha value is -1.12. The van der Waals surface area contributed by atoms with Crippen LogP contribution in [0, 0.1) is 17.8 Å². The third-order valence-corrected chi connectivity index (χ3v) is 8.73. The smallest absolute Gasteiger partial charge is 0.317 e. The van der Waals surface area contributed by atoms with Gasteiger partial charge in [0, 0.05) is 32.7 Å². The first kappa shape index (κ1) is 17.3. The minimum Gasteiger partial charge on any atom is -0.338 e. The Balaban J connectivity index is 1.20. The number of thiophene rings is 1. The molecule has 6 nitrogen and oxygen atoms in total. The third-order valence-electron chi connectivity index (χ3n) is 5.49. The lowest BCUT2D eigenvalue weighted by atomic mass is 9.94. The van der Waals surface area contributed by atoms with Gasteiger partial charge < -0.3 is 10.2 Å². The molecule has 1 aromatic rings. The zero-order chi connectivity index (χ0) is 17.4. The van der Waals surface area contributed by atoms with Gasteiger partial charge >= 0.3 is 6.03 Å². The molecular formula is C17H25N3O3S2. The number of hydrogen-bond donors (Lipinski definition) is 1.